The lowest BCUT2D eigenvalue weighted by molar-refractivity contribution is 0.0597. The molecule has 0 bridgehead atoms. The van der Waals surface area contributed by atoms with Crippen molar-refractivity contribution in [2.75, 3.05) is 20.2 Å². The van der Waals surface area contributed by atoms with E-state index in [0.29, 0.717) is 5.92 Å². The third-order valence-corrected chi connectivity index (χ3v) is 3.49. The molecule has 0 saturated carbocycles. The Hall–Kier alpha value is -1.55. The molecular formula is C14H19NO3. The Labute approximate surface area is 107 Å². The largest absolute Gasteiger partial charge is 0.507 e. The minimum absolute atomic E-state index is 0.0721. The number of piperidine rings is 1. The van der Waals surface area contributed by atoms with E-state index in [9.17, 15) is 9.90 Å². The quantitative estimate of drug-likeness (QED) is 0.801. The molecular weight excluding hydrogens is 230 g/mol. The second-order valence-corrected chi connectivity index (χ2v) is 4.70. The van der Waals surface area contributed by atoms with Crippen LogP contribution in [0.3, 0.4) is 0 Å². The van der Waals surface area contributed by atoms with Gasteiger partial charge in [0.2, 0.25) is 0 Å². The fourth-order valence-corrected chi connectivity index (χ4v) is 2.43. The molecule has 0 aromatic heterocycles. The average Bonchev–Trinajstić information content (AvgIpc) is 2.41. The van der Waals surface area contributed by atoms with Crippen LogP contribution in [0.2, 0.25) is 0 Å². The monoisotopic (exact) mass is 249 g/mol. The zero-order valence-corrected chi connectivity index (χ0v) is 10.6. The molecule has 1 fully saturated rings. The first-order valence-electron chi connectivity index (χ1n) is 6.32. The van der Waals surface area contributed by atoms with Crippen molar-refractivity contribution in [3.8, 4) is 5.75 Å². The Bertz CT molecular complexity index is 425. The molecule has 1 aromatic carbocycles. The highest BCUT2D eigenvalue weighted by atomic mass is 16.5. The molecule has 1 aliphatic rings. The van der Waals surface area contributed by atoms with Gasteiger partial charge in [-0.05, 0) is 49.9 Å². The highest BCUT2D eigenvalue weighted by molar-refractivity contribution is 5.92. The van der Waals surface area contributed by atoms with Crippen molar-refractivity contribution in [2.45, 2.75) is 19.3 Å². The maximum Gasteiger partial charge on any atom is 0.341 e. The number of para-hydroxylation sites is 1. The minimum atomic E-state index is -0.486. The molecule has 98 valence electrons. The number of ether oxygens (including phenoxy) is 1. The van der Waals surface area contributed by atoms with Crippen molar-refractivity contribution >= 4 is 5.97 Å². The van der Waals surface area contributed by atoms with E-state index >= 15 is 0 Å². The molecule has 4 nitrogen and oxygen atoms in total. The second-order valence-electron chi connectivity index (χ2n) is 4.70. The number of carbonyl (C=O) groups is 1. The Morgan fingerprint density at radius 1 is 1.44 bits per heavy atom. The van der Waals surface area contributed by atoms with Crippen molar-refractivity contribution in [3.63, 3.8) is 0 Å². The van der Waals surface area contributed by atoms with Crippen molar-refractivity contribution < 1.29 is 14.6 Å². The molecule has 1 aromatic rings. The number of nitrogens with one attached hydrogen (secondary N) is 1. The molecule has 1 heterocycles. The molecule has 0 amide bonds. The maximum absolute atomic E-state index is 11.5. The zero-order valence-electron chi connectivity index (χ0n) is 10.6. The van der Waals surface area contributed by atoms with Gasteiger partial charge < -0.3 is 15.2 Å². The number of hydrogen-bond acceptors (Lipinski definition) is 4. The number of esters is 1. The lowest BCUT2D eigenvalue weighted by Gasteiger charge is -2.23. The number of aromatic hydroxyl groups is 1. The summed E-state index contributed by atoms with van der Waals surface area (Å²) in [7, 11) is 1.32. The summed E-state index contributed by atoms with van der Waals surface area (Å²) >= 11 is 0. The zero-order chi connectivity index (χ0) is 13.0. The topological polar surface area (TPSA) is 58.6 Å². The van der Waals surface area contributed by atoms with Crippen LogP contribution in [-0.2, 0) is 11.2 Å². The normalized spacial score (nSPS) is 16.5. The smallest absolute Gasteiger partial charge is 0.341 e. The number of phenols is 1. The summed E-state index contributed by atoms with van der Waals surface area (Å²) in [5.74, 6) is 0.160. The summed E-state index contributed by atoms with van der Waals surface area (Å²) in [5.41, 5.74) is 1.09. The number of methoxy groups -OCH3 is 1. The summed E-state index contributed by atoms with van der Waals surface area (Å²) in [5, 5.41) is 13.4. The van der Waals surface area contributed by atoms with Crippen LogP contribution < -0.4 is 5.32 Å². The Morgan fingerprint density at radius 3 is 2.83 bits per heavy atom. The predicted molar refractivity (Wildman–Crippen MR) is 68.7 cm³/mol. The molecule has 0 spiro atoms. The molecule has 1 saturated heterocycles. The van der Waals surface area contributed by atoms with Gasteiger partial charge in [-0.2, -0.15) is 0 Å². The SMILES string of the molecule is COC(=O)c1cccc(CC2CCNCC2)c1O. The molecule has 4 heteroatoms. The third-order valence-electron chi connectivity index (χ3n) is 3.49. The molecule has 1 aliphatic heterocycles. The highest BCUT2D eigenvalue weighted by Crippen LogP contribution is 2.27. The van der Waals surface area contributed by atoms with Gasteiger partial charge in [-0.3, -0.25) is 0 Å². The molecule has 2 rings (SSSR count). The van der Waals surface area contributed by atoms with Crippen LogP contribution in [0.4, 0.5) is 0 Å². The Morgan fingerprint density at radius 2 is 2.17 bits per heavy atom. The van der Waals surface area contributed by atoms with E-state index in [-0.39, 0.29) is 11.3 Å². The Balaban J connectivity index is 2.15. The van der Waals surface area contributed by atoms with Gasteiger partial charge in [-0.1, -0.05) is 12.1 Å². The van der Waals surface area contributed by atoms with Crippen LogP contribution >= 0.6 is 0 Å². The Kier molecular flexibility index (Phi) is 4.20. The second kappa shape index (κ2) is 5.87. The van der Waals surface area contributed by atoms with Crippen LogP contribution in [0.1, 0.15) is 28.8 Å². The fraction of sp³-hybridized carbons (Fsp3) is 0.500. The van der Waals surface area contributed by atoms with E-state index in [1.54, 1.807) is 12.1 Å². The van der Waals surface area contributed by atoms with Gasteiger partial charge in [-0.15, -0.1) is 0 Å². The number of hydrogen-bond donors (Lipinski definition) is 2. The third kappa shape index (κ3) is 2.82. The summed E-state index contributed by atoms with van der Waals surface area (Å²) in [6.07, 6.45) is 3.04. The van der Waals surface area contributed by atoms with E-state index in [0.717, 1.165) is 37.9 Å². The molecule has 0 radical (unpaired) electrons. The summed E-state index contributed by atoms with van der Waals surface area (Å²) in [6.45, 7) is 2.06. The lowest BCUT2D eigenvalue weighted by atomic mass is 9.90. The van der Waals surface area contributed by atoms with Crippen molar-refractivity contribution in [1.82, 2.24) is 5.32 Å². The maximum atomic E-state index is 11.5. The number of rotatable bonds is 3. The van der Waals surface area contributed by atoms with Crippen molar-refractivity contribution in [1.29, 1.82) is 0 Å². The number of phenolic OH excluding ortho intramolecular Hbond substituents is 1. The predicted octanol–water partition coefficient (Wildman–Crippen LogP) is 1.72. The number of benzene rings is 1. The van der Waals surface area contributed by atoms with E-state index in [1.807, 2.05) is 6.07 Å². The van der Waals surface area contributed by atoms with Gasteiger partial charge in [-0.25, -0.2) is 4.79 Å². The standard InChI is InChI=1S/C14H19NO3/c1-18-14(17)12-4-2-3-11(13(12)16)9-10-5-7-15-8-6-10/h2-4,10,15-16H,5-9H2,1H3. The van der Waals surface area contributed by atoms with Crippen molar-refractivity contribution in [3.05, 3.63) is 29.3 Å². The summed E-state index contributed by atoms with van der Waals surface area (Å²) < 4.78 is 4.65. The lowest BCUT2D eigenvalue weighted by Crippen LogP contribution is -2.28. The first-order valence-corrected chi connectivity index (χ1v) is 6.32. The first kappa shape index (κ1) is 12.9. The fourth-order valence-electron chi connectivity index (χ4n) is 2.43. The van der Waals surface area contributed by atoms with E-state index in [2.05, 4.69) is 10.1 Å². The molecule has 2 N–H and O–H groups in total. The van der Waals surface area contributed by atoms with Crippen molar-refractivity contribution in [2.24, 2.45) is 5.92 Å². The highest BCUT2D eigenvalue weighted by Gasteiger charge is 2.18. The molecule has 0 atom stereocenters. The van der Waals surface area contributed by atoms with Gasteiger partial charge >= 0.3 is 5.97 Å². The van der Waals surface area contributed by atoms with E-state index in [4.69, 9.17) is 0 Å². The van der Waals surface area contributed by atoms with Gasteiger partial charge in [0.15, 0.2) is 0 Å². The van der Waals surface area contributed by atoms with Crippen LogP contribution in [0, 0.1) is 5.92 Å². The van der Waals surface area contributed by atoms with Gasteiger partial charge in [0.1, 0.15) is 11.3 Å². The minimum Gasteiger partial charge on any atom is -0.507 e. The van der Waals surface area contributed by atoms with Gasteiger partial charge in [0, 0.05) is 0 Å². The first-order chi connectivity index (χ1) is 8.72. The van der Waals surface area contributed by atoms with Crippen LogP contribution in [0.15, 0.2) is 18.2 Å². The molecule has 18 heavy (non-hydrogen) atoms. The van der Waals surface area contributed by atoms with Crippen LogP contribution in [-0.4, -0.2) is 31.3 Å². The molecule has 0 unspecified atom stereocenters. The van der Waals surface area contributed by atoms with Gasteiger partial charge in [0.25, 0.3) is 0 Å². The van der Waals surface area contributed by atoms with Gasteiger partial charge in [0.05, 0.1) is 7.11 Å². The molecule has 0 aliphatic carbocycles. The number of carbonyl (C=O) groups excluding carboxylic acids is 1. The van der Waals surface area contributed by atoms with E-state index < -0.39 is 5.97 Å². The van der Waals surface area contributed by atoms with Crippen LogP contribution in [0.25, 0.3) is 0 Å². The average molecular weight is 249 g/mol. The van der Waals surface area contributed by atoms with E-state index in [1.165, 1.54) is 7.11 Å². The van der Waals surface area contributed by atoms with Crippen LogP contribution in [0.5, 0.6) is 5.75 Å². The summed E-state index contributed by atoms with van der Waals surface area (Å²) in [6, 6.07) is 5.26. The summed E-state index contributed by atoms with van der Waals surface area (Å²) in [4.78, 5) is 11.5.